The van der Waals surface area contributed by atoms with Crippen LogP contribution in [0.3, 0.4) is 0 Å². The fourth-order valence-corrected chi connectivity index (χ4v) is 1.99. The molecule has 4 nitrogen and oxygen atoms in total. The molecule has 2 rings (SSSR count). The molecule has 0 aliphatic heterocycles. The van der Waals surface area contributed by atoms with Crippen LogP contribution in [-0.2, 0) is 0 Å². The maximum atomic E-state index is 13.7. The minimum absolute atomic E-state index is 0.0431. The molecule has 1 heterocycles. The van der Waals surface area contributed by atoms with Gasteiger partial charge in [0.2, 0.25) is 5.95 Å². The molecule has 0 aliphatic carbocycles. The van der Waals surface area contributed by atoms with Crippen molar-refractivity contribution in [3.63, 3.8) is 0 Å². The molecule has 0 saturated carbocycles. The lowest BCUT2D eigenvalue weighted by molar-refractivity contribution is 0.596. The van der Waals surface area contributed by atoms with Crippen LogP contribution in [-0.4, -0.2) is 17.0 Å². The summed E-state index contributed by atoms with van der Waals surface area (Å²) in [6.45, 7) is 1.93. The topological polar surface area (TPSA) is 55.0 Å². The number of nitrogens with zero attached hydrogens (tertiary/aromatic N) is 3. The first kappa shape index (κ1) is 13.5. The molecule has 1 unspecified atom stereocenters. The van der Waals surface area contributed by atoms with Gasteiger partial charge in [-0.3, -0.25) is 0 Å². The number of nitrogen functional groups attached to an aromatic ring is 1. The smallest absolute Gasteiger partial charge is 0.222 e. The van der Waals surface area contributed by atoms with Gasteiger partial charge in [0.15, 0.2) is 11.6 Å². The van der Waals surface area contributed by atoms with Gasteiger partial charge < -0.3 is 10.6 Å². The van der Waals surface area contributed by atoms with Crippen molar-refractivity contribution in [1.29, 1.82) is 0 Å². The molecule has 1 atom stereocenters. The van der Waals surface area contributed by atoms with Crippen molar-refractivity contribution in [2.24, 2.45) is 0 Å². The standard InChI is InChI=1S/C13H14ClFN4/c1-8(9-4-3-5-10(14)6-9)19(2)12-11(15)7-17-13(16)18-12/h3-8H,1-2H3,(H2,16,17,18). The fourth-order valence-electron chi connectivity index (χ4n) is 1.79. The summed E-state index contributed by atoms with van der Waals surface area (Å²) in [5.41, 5.74) is 6.46. The van der Waals surface area contributed by atoms with Crippen LogP contribution in [0.5, 0.6) is 0 Å². The predicted octanol–water partition coefficient (Wildman–Crippen LogP) is 3.05. The average molecular weight is 281 g/mol. The lowest BCUT2D eigenvalue weighted by atomic mass is 10.1. The number of halogens is 2. The van der Waals surface area contributed by atoms with Crippen molar-refractivity contribution in [3.8, 4) is 0 Å². The van der Waals surface area contributed by atoms with Crippen LogP contribution in [0.15, 0.2) is 30.5 Å². The van der Waals surface area contributed by atoms with Crippen LogP contribution in [0.1, 0.15) is 18.5 Å². The molecule has 1 aromatic heterocycles. The Morgan fingerprint density at radius 2 is 2.16 bits per heavy atom. The highest BCUT2D eigenvalue weighted by atomic mass is 35.5. The zero-order valence-corrected chi connectivity index (χ0v) is 11.4. The van der Waals surface area contributed by atoms with E-state index < -0.39 is 5.82 Å². The molecule has 0 spiro atoms. The average Bonchev–Trinajstić information content (AvgIpc) is 2.40. The molecule has 2 aromatic rings. The molecule has 1 aromatic carbocycles. The first-order valence-corrected chi connectivity index (χ1v) is 6.13. The maximum Gasteiger partial charge on any atom is 0.222 e. The van der Waals surface area contributed by atoms with E-state index >= 15 is 0 Å². The zero-order valence-electron chi connectivity index (χ0n) is 10.6. The van der Waals surface area contributed by atoms with E-state index in [2.05, 4.69) is 9.97 Å². The summed E-state index contributed by atoms with van der Waals surface area (Å²) in [6.07, 6.45) is 1.07. The van der Waals surface area contributed by atoms with Gasteiger partial charge in [-0.25, -0.2) is 9.37 Å². The molecular formula is C13H14ClFN4. The molecule has 6 heteroatoms. The molecule has 0 radical (unpaired) electrons. The van der Waals surface area contributed by atoms with Crippen molar-refractivity contribution >= 4 is 23.4 Å². The number of aromatic nitrogens is 2. The lowest BCUT2D eigenvalue weighted by Crippen LogP contribution is -2.24. The van der Waals surface area contributed by atoms with Gasteiger partial charge in [-0.1, -0.05) is 23.7 Å². The highest BCUT2D eigenvalue weighted by Gasteiger charge is 2.18. The van der Waals surface area contributed by atoms with E-state index in [-0.39, 0.29) is 17.8 Å². The monoisotopic (exact) mass is 280 g/mol. The van der Waals surface area contributed by atoms with Crippen LogP contribution in [0.2, 0.25) is 5.02 Å². The van der Waals surface area contributed by atoms with Crippen LogP contribution in [0.25, 0.3) is 0 Å². The second-order valence-corrected chi connectivity index (χ2v) is 4.68. The Kier molecular flexibility index (Phi) is 3.85. The van der Waals surface area contributed by atoms with Crippen LogP contribution in [0.4, 0.5) is 16.2 Å². The molecule has 100 valence electrons. The maximum absolute atomic E-state index is 13.7. The van der Waals surface area contributed by atoms with Gasteiger partial charge in [0, 0.05) is 12.1 Å². The van der Waals surface area contributed by atoms with E-state index in [1.54, 1.807) is 18.0 Å². The molecule has 0 aliphatic rings. The zero-order chi connectivity index (χ0) is 14.0. The van der Waals surface area contributed by atoms with Crippen molar-refractivity contribution in [1.82, 2.24) is 9.97 Å². The van der Waals surface area contributed by atoms with E-state index in [4.69, 9.17) is 17.3 Å². The highest BCUT2D eigenvalue weighted by molar-refractivity contribution is 6.30. The van der Waals surface area contributed by atoms with Gasteiger partial charge in [-0.05, 0) is 24.6 Å². The quantitative estimate of drug-likeness (QED) is 0.939. The summed E-state index contributed by atoms with van der Waals surface area (Å²) < 4.78 is 13.7. The van der Waals surface area contributed by atoms with Gasteiger partial charge in [0.1, 0.15) is 0 Å². The first-order valence-electron chi connectivity index (χ1n) is 5.75. The predicted molar refractivity (Wildman–Crippen MR) is 74.7 cm³/mol. The third-order valence-corrected chi connectivity index (χ3v) is 3.23. The minimum Gasteiger partial charge on any atom is -0.368 e. The molecule has 0 bridgehead atoms. The second kappa shape index (κ2) is 5.40. The molecule has 19 heavy (non-hydrogen) atoms. The summed E-state index contributed by atoms with van der Waals surface area (Å²) in [5, 5.41) is 0.639. The third kappa shape index (κ3) is 2.93. The summed E-state index contributed by atoms with van der Waals surface area (Å²) in [5.74, 6) is -0.299. The van der Waals surface area contributed by atoms with E-state index in [1.165, 1.54) is 0 Å². The first-order chi connectivity index (χ1) is 8.99. The molecule has 0 amide bonds. The Labute approximate surface area is 116 Å². The van der Waals surface area contributed by atoms with Gasteiger partial charge >= 0.3 is 0 Å². The molecule has 2 N–H and O–H groups in total. The van der Waals surface area contributed by atoms with Crippen molar-refractivity contribution < 1.29 is 4.39 Å². The van der Waals surface area contributed by atoms with Gasteiger partial charge in [0.05, 0.1) is 12.2 Å². The number of hydrogen-bond donors (Lipinski definition) is 1. The summed E-state index contributed by atoms with van der Waals surface area (Å²) >= 11 is 5.96. The Hall–Kier alpha value is -1.88. The fraction of sp³-hybridized carbons (Fsp3) is 0.231. The van der Waals surface area contributed by atoms with Gasteiger partial charge in [-0.2, -0.15) is 4.98 Å². The van der Waals surface area contributed by atoms with Crippen molar-refractivity contribution in [3.05, 3.63) is 46.9 Å². The lowest BCUT2D eigenvalue weighted by Gasteiger charge is -2.26. The summed E-state index contributed by atoms with van der Waals surface area (Å²) in [7, 11) is 1.75. The SMILES string of the molecule is CC(c1cccc(Cl)c1)N(C)c1nc(N)ncc1F. The number of hydrogen-bond acceptors (Lipinski definition) is 4. The second-order valence-electron chi connectivity index (χ2n) is 4.24. The Morgan fingerprint density at radius 1 is 1.42 bits per heavy atom. The number of anilines is 2. The third-order valence-electron chi connectivity index (χ3n) is 2.99. The Balaban J connectivity index is 2.33. The van der Waals surface area contributed by atoms with E-state index in [0.29, 0.717) is 5.02 Å². The number of nitrogens with two attached hydrogens (primary N) is 1. The van der Waals surface area contributed by atoms with Crippen LogP contribution in [0, 0.1) is 5.82 Å². The largest absolute Gasteiger partial charge is 0.368 e. The van der Waals surface area contributed by atoms with E-state index in [9.17, 15) is 4.39 Å². The highest BCUT2D eigenvalue weighted by Crippen LogP contribution is 2.27. The number of rotatable bonds is 3. The van der Waals surface area contributed by atoms with E-state index in [1.807, 2.05) is 25.1 Å². The normalized spacial score (nSPS) is 12.2. The summed E-state index contributed by atoms with van der Waals surface area (Å²) in [4.78, 5) is 9.23. The molecule has 0 saturated heterocycles. The summed E-state index contributed by atoms with van der Waals surface area (Å²) in [6, 6.07) is 7.32. The molecular weight excluding hydrogens is 267 g/mol. The van der Waals surface area contributed by atoms with Crippen LogP contribution >= 0.6 is 11.6 Å². The Morgan fingerprint density at radius 3 is 2.84 bits per heavy atom. The Bertz CT molecular complexity index is 591. The van der Waals surface area contributed by atoms with Gasteiger partial charge in [0.25, 0.3) is 0 Å². The van der Waals surface area contributed by atoms with Gasteiger partial charge in [-0.15, -0.1) is 0 Å². The molecule has 0 fully saturated rings. The minimum atomic E-state index is -0.509. The van der Waals surface area contributed by atoms with Crippen LogP contribution < -0.4 is 10.6 Å². The van der Waals surface area contributed by atoms with Crippen molar-refractivity contribution in [2.45, 2.75) is 13.0 Å². The van der Waals surface area contributed by atoms with E-state index in [0.717, 1.165) is 11.8 Å². The number of benzene rings is 1. The van der Waals surface area contributed by atoms with Crippen molar-refractivity contribution in [2.75, 3.05) is 17.7 Å².